The summed E-state index contributed by atoms with van der Waals surface area (Å²) < 4.78 is 10.8. The van der Waals surface area contributed by atoms with E-state index >= 15 is 0 Å². The molecule has 0 N–H and O–H groups in total. The lowest BCUT2D eigenvalue weighted by atomic mass is 10.3. The van der Waals surface area contributed by atoms with Crippen molar-refractivity contribution in [3.63, 3.8) is 0 Å². The maximum atomic E-state index is 12.3. The van der Waals surface area contributed by atoms with E-state index in [9.17, 15) is 4.79 Å². The molecule has 0 atom stereocenters. The van der Waals surface area contributed by atoms with Gasteiger partial charge >= 0.3 is 0 Å². The Morgan fingerprint density at radius 1 is 1.21 bits per heavy atom. The van der Waals surface area contributed by atoms with E-state index in [0.717, 1.165) is 36.8 Å². The highest BCUT2D eigenvalue weighted by atomic mass is 16.5. The van der Waals surface area contributed by atoms with E-state index < -0.39 is 0 Å². The zero-order valence-electron chi connectivity index (χ0n) is 14.0. The lowest BCUT2D eigenvalue weighted by molar-refractivity contribution is -0.131. The number of aromatic nitrogens is 1. The van der Waals surface area contributed by atoms with Gasteiger partial charge in [0.15, 0.2) is 0 Å². The van der Waals surface area contributed by atoms with Crippen molar-refractivity contribution in [2.24, 2.45) is 0 Å². The molecule has 1 amide bonds. The highest BCUT2D eigenvalue weighted by Crippen LogP contribution is 2.11. The van der Waals surface area contributed by atoms with Crippen molar-refractivity contribution in [3.05, 3.63) is 47.9 Å². The van der Waals surface area contributed by atoms with Gasteiger partial charge in [-0.2, -0.15) is 0 Å². The first kappa shape index (κ1) is 16.5. The number of ether oxygens (including phenoxy) is 1. The molecule has 128 valence electrons. The van der Waals surface area contributed by atoms with Gasteiger partial charge in [-0.1, -0.05) is 23.4 Å². The van der Waals surface area contributed by atoms with Crippen molar-refractivity contribution >= 4 is 5.91 Å². The molecule has 0 aliphatic carbocycles. The number of carbonyl (C=O) groups excluding carboxylic acids is 1. The van der Waals surface area contributed by atoms with Gasteiger partial charge in [-0.15, -0.1) is 0 Å². The van der Waals surface area contributed by atoms with Crippen LogP contribution in [0.1, 0.15) is 17.9 Å². The molecule has 3 rings (SSSR count). The van der Waals surface area contributed by atoms with E-state index in [1.54, 1.807) is 0 Å². The normalized spacial score (nSPS) is 16.2. The lowest BCUT2D eigenvalue weighted by Gasteiger charge is -2.21. The van der Waals surface area contributed by atoms with Crippen LogP contribution in [0.5, 0.6) is 5.75 Å². The van der Waals surface area contributed by atoms with Crippen molar-refractivity contribution < 1.29 is 14.1 Å². The van der Waals surface area contributed by atoms with Gasteiger partial charge in [-0.25, -0.2) is 0 Å². The average Bonchev–Trinajstić information content (AvgIpc) is 2.92. The Kier molecular flexibility index (Phi) is 5.48. The summed E-state index contributed by atoms with van der Waals surface area (Å²) in [7, 11) is 0. The molecule has 1 saturated heterocycles. The Hall–Kier alpha value is -2.34. The topological polar surface area (TPSA) is 58.8 Å². The van der Waals surface area contributed by atoms with Crippen LogP contribution in [0.15, 0.2) is 40.9 Å². The molecule has 2 heterocycles. The summed E-state index contributed by atoms with van der Waals surface area (Å²) in [4.78, 5) is 16.4. The Labute approximate surface area is 142 Å². The number of aryl methyl sites for hydroxylation is 1. The van der Waals surface area contributed by atoms with E-state index in [4.69, 9.17) is 9.26 Å². The second kappa shape index (κ2) is 7.97. The largest absolute Gasteiger partial charge is 0.492 e. The Balaban J connectivity index is 1.46. The highest BCUT2D eigenvalue weighted by molar-refractivity contribution is 5.76. The van der Waals surface area contributed by atoms with Gasteiger partial charge in [-0.3, -0.25) is 9.69 Å². The van der Waals surface area contributed by atoms with E-state index in [-0.39, 0.29) is 5.91 Å². The minimum atomic E-state index is 0.169. The maximum Gasteiger partial charge on any atom is 0.224 e. The number of carbonyl (C=O) groups is 1. The van der Waals surface area contributed by atoms with Gasteiger partial charge in [0, 0.05) is 38.7 Å². The van der Waals surface area contributed by atoms with Crippen molar-refractivity contribution in [3.8, 4) is 5.75 Å². The first-order chi connectivity index (χ1) is 11.7. The van der Waals surface area contributed by atoms with Crippen LogP contribution in [0.3, 0.4) is 0 Å². The number of hydrogen-bond donors (Lipinski definition) is 0. The van der Waals surface area contributed by atoms with Crippen LogP contribution in [0, 0.1) is 6.92 Å². The van der Waals surface area contributed by atoms with E-state index in [1.165, 1.54) is 0 Å². The molecule has 0 saturated carbocycles. The molecule has 2 aromatic rings. The van der Waals surface area contributed by atoms with Crippen LogP contribution in [0.2, 0.25) is 0 Å². The molecule has 1 aliphatic rings. The minimum absolute atomic E-state index is 0.169. The molecule has 0 bridgehead atoms. The Morgan fingerprint density at radius 3 is 2.79 bits per heavy atom. The SMILES string of the molecule is Cc1cc(CN2CCN(CCOc3ccccc3)CCC2=O)no1. The quantitative estimate of drug-likeness (QED) is 0.812. The van der Waals surface area contributed by atoms with Gasteiger partial charge in [-0.05, 0) is 19.1 Å². The fourth-order valence-electron chi connectivity index (χ4n) is 2.80. The molecule has 1 aromatic heterocycles. The van der Waals surface area contributed by atoms with Crippen molar-refractivity contribution in [2.45, 2.75) is 19.9 Å². The number of para-hydroxylation sites is 1. The fourth-order valence-corrected chi connectivity index (χ4v) is 2.80. The average molecular weight is 329 g/mol. The summed E-state index contributed by atoms with van der Waals surface area (Å²) in [5.41, 5.74) is 0.807. The van der Waals surface area contributed by atoms with Gasteiger partial charge < -0.3 is 14.2 Å². The fraction of sp³-hybridized carbons (Fsp3) is 0.444. The number of amides is 1. The number of rotatable bonds is 6. The van der Waals surface area contributed by atoms with Crippen molar-refractivity contribution in [1.82, 2.24) is 15.0 Å². The van der Waals surface area contributed by atoms with Gasteiger partial charge in [0.1, 0.15) is 23.8 Å². The van der Waals surface area contributed by atoms with Crippen molar-refractivity contribution in [2.75, 3.05) is 32.8 Å². The molecular weight excluding hydrogens is 306 g/mol. The third kappa shape index (κ3) is 4.58. The third-order valence-corrected chi connectivity index (χ3v) is 4.13. The van der Waals surface area contributed by atoms with Crippen LogP contribution in [0.25, 0.3) is 0 Å². The molecule has 0 spiro atoms. The van der Waals surface area contributed by atoms with Gasteiger partial charge in [0.2, 0.25) is 5.91 Å². The number of benzene rings is 1. The predicted molar refractivity (Wildman–Crippen MR) is 89.7 cm³/mol. The first-order valence-electron chi connectivity index (χ1n) is 8.31. The second-order valence-electron chi connectivity index (χ2n) is 6.00. The Bertz CT molecular complexity index is 657. The van der Waals surface area contributed by atoms with Gasteiger partial charge in [0.25, 0.3) is 0 Å². The monoisotopic (exact) mass is 329 g/mol. The molecular formula is C18H23N3O3. The second-order valence-corrected chi connectivity index (χ2v) is 6.00. The summed E-state index contributed by atoms with van der Waals surface area (Å²) >= 11 is 0. The lowest BCUT2D eigenvalue weighted by Crippen LogP contribution is -2.34. The number of nitrogens with zero attached hydrogens (tertiary/aromatic N) is 3. The summed E-state index contributed by atoms with van der Waals surface area (Å²) in [5.74, 6) is 1.82. The summed E-state index contributed by atoms with van der Waals surface area (Å²) in [6, 6.07) is 11.7. The van der Waals surface area contributed by atoms with E-state index in [2.05, 4.69) is 10.1 Å². The van der Waals surface area contributed by atoms with Gasteiger partial charge in [0.05, 0.1) is 6.54 Å². The maximum absolute atomic E-state index is 12.3. The van der Waals surface area contributed by atoms with Crippen LogP contribution in [0.4, 0.5) is 0 Å². The van der Waals surface area contributed by atoms with Crippen LogP contribution in [-0.4, -0.2) is 53.6 Å². The molecule has 1 aliphatic heterocycles. The van der Waals surface area contributed by atoms with E-state index in [0.29, 0.717) is 26.1 Å². The molecule has 1 fully saturated rings. The standard InChI is InChI=1S/C18H23N3O3/c1-15-13-16(19-24-15)14-21-10-9-20(8-7-18(21)22)11-12-23-17-5-3-2-4-6-17/h2-6,13H,7-12,14H2,1H3. The molecule has 6 nitrogen and oxygen atoms in total. The first-order valence-corrected chi connectivity index (χ1v) is 8.31. The minimum Gasteiger partial charge on any atom is -0.492 e. The smallest absolute Gasteiger partial charge is 0.224 e. The third-order valence-electron chi connectivity index (χ3n) is 4.13. The molecule has 1 aromatic carbocycles. The number of hydrogen-bond acceptors (Lipinski definition) is 5. The molecule has 0 radical (unpaired) electrons. The van der Waals surface area contributed by atoms with Crippen LogP contribution < -0.4 is 4.74 Å². The summed E-state index contributed by atoms with van der Waals surface area (Å²) in [6.07, 6.45) is 0.530. The van der Waals surface area contributed by atoms with Crippen LogP contribution in [-0.2, 0) is 11.3 Å². The molecule has 6 heteroatoms. The molecule has 24 heavy (non-hydrogen) atoms. The summed E-state index contributed by atoms with van der Waals surface area (Å²) in [5, 5.41) is 3.97. The zero-order chi connectivity index (χ0) is 16.8. The highest BCUT2D eigenvalue weighted by Gasteiger charge is 2.21. The van der Waals surface area contributed by atoms with Crippen molar-refractivity contribution in [1.29, 1.82) is 0 Å². The summed E-state index contributed by atoms with van der Waals surface area (Å²) in [6.45, 7) is 6.14. The Morgan fingerprint density at radius 2 is 2.04 bits per heavy atom. The zero-order valence-corrected chi connectivity index (χ0v) is 14.0. The van der Waals surface area contributed by atoms with E-state index in [1.807, 2.05) is 48.2 Å². The predicted octanol–water partition coefficient (Wildman–Crippen LogP) is 2.10. The van der Waals surface area contributed by atoms with Crippen LogP contribution >= 0.6 is 0 Å². The molecule has 0 unspecified atom stereocenters.